The predicted octanol–water partition coefficient (Wildman–Crippen LogP) is 2.54. The van der Waals surface area contributed by atoms with Crippen LogP contribution in [0, 0.1) is 0 Å². The molecule has 1 aliphatic rings. The summed E-state index contributed by atoms with van der Waals surface area (Å²) < 4.78 is 51.8. The number of benzene rings is 2. The molecule has 0 saturated carbocycles. The van der Waals surface area contributed by atoms with Crippen molar-refractivity contribution in [3.63, 3.8) is 0 Å². The van der Waals surface area contributed by atoms with Crippen LogP contribution in [0.5, 0.6) is 0 Å². The molecule has 1 aromatic heterocycles. The largest absolute Gasteiger partial charge is 0.274 e. The van der Waals surface area contributed by atoms with Gasteiger partial charge in [0.1, 0.15) is 0 Å². The third-order valence-electron chi connectivity index (χ3n) is 4.70. The number of thiazole rings is 1. The molecule has 31 heavy (non-hydrogen) atoms. The zero-order valence-corrected chi connectivity index (χ0v) is 18.7. The molecule has 0 bridgehead atoms. The molecule has 1 saturated heterocycles. The van der Waals surface area contributed by atoms with Gasteiger partial charge in [-0.25, -0.2) is 21.8 Å². The van der Waals surface area contributed by atoms with Crippen LogP contribution in [0.2, 0.25) is 0 Å². The Balaban J connectivity index is 1.59. The summed E-state index contributed by atoms with van der Waals surface area (Å²) in [4.78, 5) is 29.4. The summed E-state index contributed by atoms with van der Waals surface area (Å²) >= 11 is 1.01. The Morgan fingerprint density at radius 3 is 2.16 bits per heavy atom. The molecule has 0 atom stereocenters. The van der Waals surface area contributed by atoms with Crippen molar-refractivity contribution in [1.29, 1.82) is 0 Å². The Hall–Kier alpha value is -2.83. The van der Waals surface area contributed by atoms with Crippen molar-refractivity contribution in [1.82, 2.24) is 4.98 Å². The van der Waals surface area contributed by atoms with Gasteiger partial charge in [-0.2, -0.15) is 0 Å². The molecule has 12 heteroatoms. The number of hydrogen-bond acceptors (Lipinski definition) is 8. The SMILES string of the molecule is CS(=O)(=O)c1ccc2nc(NS(=O)(=O)c3ccc(N4C(=O)CCCC4=O)cc3)sc2c1. The predicted molar refractivity (Wildman–Crippen MR) is 116 cm³/mol. The van der Waals surface area contributed by atoms with Crippen LogP contribution in [-0.4, -0.2) is 39.9 Å². The van der Waals surface area contributed by atoms with E-state index in [9.17, 15) is 26.4 Å². The summed E-state index contributed by atoms with van der Waals surface area (Å²) in [5.74, 6) is -0.624. The Kier molecular flexibility index (Phi) is 5.31. The van der Waals surface area contributed by atoms with Gasteiger partial charge in [0.2, 0.25) is 11.8 Å². The Morgan fingerprint density at radius 1 is 0.935 bits per heavy atom. The molecule has 0 aliphatic carbocycles. The van der Waals surface area contributed by atoms with Crippen molar-refractivity contribution in [3.05, 3.63) is 42.5 Å². The van der Waals surface area contributed by atoms with Crippen molar-refractivity contribution < 1.29 is 26.4 Å². The highest BCUT2D eigenvalue weighted by Crippen LogP contribution is 2.30. The first-order chi connectivity index (χ1) is 14.5. The number of aromatic nitrogens is 1. The van der Waals surface area contributed by atoms with Crippen LogP contribution >= 0.6 is 11.3 Å². The van der Waals surface area contributed by atoms with E-state index in [0.29, 0.717) is 22.3 Å². The van der Waals surface area contributed by atoms with Crippen LogP contribution in [0.15, 0.2) is 52.3 Å². The average Bonchev–Trinajstić information content (AvgIpc) is 3.08. The Labute approximate surface area is 182 Å². The molecular weight excluding hydrogens is 462 g/mol. The normalized spacial score (nSPS) is 15.5. The van der Waals surface area contributed by atoms with Crippen LogP contribution in [0.1, 0.15) is 19.3 Å². The van der Waals surface area contributed by atoms with Gasteiger partial charge in [-0.15, -0.1) is 0 Å². The highest BCUT2D eigenvalue weighted by Gasteiger charge is 2.27. The molecule has 162 valence electrons. The van der Waals surface area contributed by atoms with Gasteiger partial charge in [0.05, 0.1) is 25.7 Å². The lowest BCUT2D eigenvalue weighted by Gasteiger charge is -2.24. The van der Waals surface area contributed by atoms with E-state index < -0.39 is 19.9 Å². The van der Waals surface area contributed by atoms with E-state index >= 15 is 0 Å². The van der Waals surface area contributed by atoms with Gasteiger partial charge in [-0.05, 0) is 48.9 Å². The third-order valence-corrected chi connectivity index (χ3v) is 8.22. The Bertz CT molecular complexity index is 1390. The fraction of sp³-hybridized carbons (Fsp3) is 0.211. The molecule has 0 unspecified atom stereocenters. The van der Waals surface area contributed by atoms with E-state index in [4.69, 9.17) is 0 Å². The number of fused-ring (bicyclic) bond motifs is 1. The van der Waals surface area contributed by atoms with Gasteiger partial charge in [0, 0.05) is 19.1 Å². The second-order valence-corrected chi connectivity index (χ2v) is 11.7. The summed E-state index contributed by atoms with van der Waals surface area (Å²) in [6.45, 7) is 0. The molecule has 9 nitrogen and oxygen atoms in total. The van der Waals surface area contributed by atoms with E-state index in [1.807, 2.05) is 0 Å². The molecule has 2 amide bonds. The molecule has 1 fully saturated rings. The van der Waals surface area contributed by atoms with Gasteiger partial charge in [-0.3, -0.25) is 19.2 Å². The topological polar surface area (TPSA) is 131 Å². The standard InChI is InChI=1S/C19H17N3O6S3/c1-30(25,26)14-9-10-15-16(11-14)29-19(20-15)21-31(27,28)13-7-5-12(6-8-13)22-17(23)3-2-4-18(22)24/h5-11H,2-4H2,1H3,(H,20,21). The van der Waals surface area contributed by atoms with Gasteiger partial charge in [0.15, 0.2) is 15.0 Å². The zero-order chi connectivity index (χ0) is 22.4. The minimum Gasteiger partial charge on any atom is -0.274 e. The third kappa shape index (κ3) is 4.31. The summed E-state index contributed by atoms with van der Waals surface area (Å²) in [5.41, 5.74) is 0.787. The maximum atomic E-state index is 12.7. The van der Waals surface area contributed by atoms with E-state index in [1.54, 1.807) is 0 Å². The molecule has 1 N–H and O–H groups in total. The molecule has 1 aliphatic heterocycles. The van der Waals surface area contributed by atoms with E-state index in [0.717, 1.165) is 22.5 Å². The van der Waals surface area contributed by atoms with Crippen LogP contribution < -0.4 is 9.62 Å². The molecule has 2 aromatic carbocycles. The van der Waals surface area contributed by atoms with Crippen molar-refractivity contribution in [2.75, 3.05) is 15.9 Å². The fourth-order valence-corrected chi connectivity index (χ4v) is 6.03. The van der Waals surface area contributed by atoms with Crippen LogP contribution in [0.25, 0.3) is 10.2 Å². The maximum absolute atomic E-state index is 12.7. The number of sulfonamides is 1. The number of hydrogen-bond donors (Lipinski definition) is 1. The number of amides is 2. The lowest BCUT2D eigenvalue weighted by atomic mass is 10.1. The molecular formula is C19H17N3O6S3. The second-order valence-electron chi connectivity index (χ2n) is 7.00. The lowest BCUT2D eigenvalue weighted by molar-refractivity contribution is -0.129. The molecule has 4 rings (SSSR count). The van der Waals surface area contributed by atoms with Crippen LogP contribution in [0.4, 0.5) is 10.8 Å². The smallest absolute Gasteiger partial charge is 0.263 e. The van der Waals surface area contributed by atoms with Gasteiger partial charge in [-0.1, -0.05) is 11.3 Å². The summed E-state index contributed by atoms with van der Waals surface area (Å²) in [6, 6.07) is 9.81. The van der Waals surface area contributed by atoms with Crippen LogP contribution in [-0.2, 0) is 29.4 Å². The quantitative estimate of drug-likeness (QED) is 0.557. The van der Waals surface area contributed by atoms with Crippen LogP contribution in [0.3, 0.4) is 0 Å². The number of carbonyl (C=O) groups excluding carboxylic acids is 2. The number of piperidine rings is 1. The van der Waals surface area contributed by atoms with Crippen molar-refractivity contribution in [3.8, 4) is 0 Å². The molecule has 2 heterocycles. The van der Waals surface area contributed by atoms with Gasteiger partial charge < -0.3 is 0 Å². The summed E-state index contributed by atoms with van der Waals surface area (Å²) in [7, 11) is -7.38. The highest BCUT2D eigenvalue weighted by molar-refractivity contribution is 7.93. The zero-order valence-electron chi connectivity index (χ0n) is 16.2. The monoisotopic (exact) mass is 479 g/mol. The molecule has 0 spiro atoms. The summed E-state index contributed by atoms with van der Waals surface area (Å²) in [5, 5.41) is 0.0890. The van der Waals surface area contributed by atoms with Gasteiger partial charge in [0.25, 0.3) is 10.0 Å². The first-order valence-electron chi connectivity index (χ1n) is 9.14. The first-order valence-corrected chi connectivity index (χ1v) is 13.3. The second kappa shape index (κ2) is 7.70. The maximum Gasteiger partial charge on any atom is 0.263 e. The average molecular weight is 480 g/mol. The number of rotatable bonds is 5. The number of carbonyl (C=O) groups is 2. The van der Waals surface area contributed by atoms with E-state index in [-0.39, 0.29) is 39.6 Å². The number of nitrogens with zero attached hydrogens (tertiary/aromatic N) is 2. The van der Waals surface area contributed by atoms with Crippen molar-refractivity contribution in [2.24, 2.45) is 0 Å². The van der Waals surface area contributed by atoms with Gasteiger partial charge >= 0.3 is 0 Å². The van der Waals surface area contributed by atoms with Crippen molar-refractivity contribution in [2.45, 2.75) is 29.1 Å². The minimum atomic E-state index is -3.98. The molecule has 0 radical (unpaired) electrons. The number of imide groups is 1. The van der Waals surface area contributed by atoms with Crippen molar-refractivity contribution >= 4 is 64.0 Å². The minimum absolute atomic E-state index is 0.0655. The number of sulfone groups is 1. The van der Waals surface area contributed by atoms with E-state index in [2.05, 4.69) is 9.71 Å². The molecule has 3 aromatic rings. The Morgan fingerprint density at radius 2 is 1.55 bits per heavy atom. The lowest BCUT2D eigenvalue weighted by Crippen LogP contribution is -2.40. The number of anilines is 2. The van der Waals surface area contributed by atoms with E-state index in [1.165, 1.54) is 42.5 Å². The summed E-state index contributed by atoms with van der Waals surface area (Å²) in [6.07, 6.45) is 2.14. The fourth-order valence-electron chi connectivity index (χ4n) is 3.17. The highest BCUT2D eigenvalue weighted by atomic mass is 32.2. The number of nitrogens with one attached hydrogen (secondary N) is 1. The first kappa shape index (κ1) is 21.4.